The molecule has 0 saturated heterocycles. The molecule has 0 spiro atoms. The molecule has 0 fully saturated rings. The Morgan fingerprint density at radius 2 is 0.532 bits per heavy atom. The predicted octanol–water partition coefficient (Wildman–Crippen LogP) is 28.7. The van der Waals surface area contributed by atoms with Crippen LogP contribution in [0.2, 0.25) is 0 Å². The van der Waals surface area contributed by atoms with Gasteiger partial charge in [-0.15, -0.1) is 0 Å². The first-order valence-corrected chi connectivity index (χ1v) is 42.9. The van der Waals surface area contributed by atoms with Gasteiger partial charge in [-0.25, -0.2) is 0 Å². The van der Waals surface area contributed by atoms with Crippen molar-refractivity contribution in [3.05, 3.63) is 48.6 Å². The average Bonchev–Trinajstić information content (AvgIpc) is 3.70. The number of nitrogens with one attached hydrogen (secondary N) is 1. The van der Waals surface area contributed by atoms with Gasteiger partial charge in [-0.1, -0.05) is 422 Å². The molecule has 0 aliphatic heterocycles. The Balaban J connectivity index is 3.37. The minimum Gasteiger partial charge on any atom is -0.466 e. The normalized spacial score (nSPS) is 12.7. The van der Waals surface area contributed by atoms with E-state index >= 15 is 0 Å². The van der Waals surface area contributed by atoms with E-state index in [9.17, 15) is 19.8 Å². The zero-order chi connectivity index (χ0) is 67.7. The van der Waals surface area contributed by atoms with E-state index in [4.69, 9.17) is 4.74 Å². The number of carbonyl (C=O) groups is 2. The fraction of sp³-hybridized carbons (Fsp3) is 0.886. The Bertz CT molecular complexity index is 1570. The number of hydrogen-bond acceptors (Lipinski definition) is 5. The third-order valence-corrected chi connectivity index (χ3v) is 20.1. The van der Waals surface area contributed by atoms with E-state index in [1.807, 2.05) is 6.08 Å². The first-order valence-electron chi connectivity index (χ1n) is 42.9. The molecule has 94 heavy (non-hydrogen) atoms. The fourth-order valence-electron chi connectivity index (χ4n) is 13.5. The molecule has 0 aromatic heterocycles. The van der Waals surface area contributed by atoms with Gasteiger partial charge in [-0.05, 0) is 89.9 Å². The summed E-state index contributed by atoms with van der Waals surface area (Å²) in [6.07, 6.45) is 111. The molecule has 0 heterocycles. The van der Waals surface area contributed by atoms with E-state index in [0.29, 0.717) is 19.4 Å². The third-order valence-electron chi connectivity index (χ3n) is 20.1. The summed E-state index contributed by atoms with van der Waals surface area (Å²) in [5.41, 5.74) is 0. The summed E-state index contributed by atoms with van der Waals surface area (Å²) >= 11 is 0. The van der Waals surface area contributed by atoms with Crippen molar-refractivity contribution in [1.29, 1.82) is 0 Å². The number of rotatable bonds is 81. The van der Waals surface area contributed by atoms with Gasteiger partial charge in [0.2, 0.25) is 5.91 Å². The minimum atomic E-state index is -0.845. The van der Waals surface area contributed by atoms with Crippen LogP contribution >= 0.6 is 0 Å². The average molecular weight is 1320 g/mol. The summed E-state index contributed by atoms with van der Waals surface area (Å²) < 4.78 is 5.52. The van der Waals surface area contributed by atoms with Crippen molar-refractivity contribution >= 4 is 11.9 Å². The SMILES string of the molecule is CCCCC/C=C\C/C=C\CCCCCCCCCCCC(=O)OCCCCCCCCCCCCCC/C=C\CCCCCCCCCCCCCCCCCCCC(=O)NC(CO)C(O)/C=C/CCCCCCCCCCCCCCCCCCCCCCCCC. The number of allylic oxidation sites excluding steroid dienone is 7. The van der Waals surface area contributed by atoms with Gasteiger partial charge >= 0.3 is 5.97 Å². The number of aliphatic hydroxyl groups excluding tert-OH is 2. The van der Waals surface area contributed by atoms with Gasteiger partial charge in [0.1, 0.15) is 0 Å². The van der Waals surface area contributed by atoms with Crippen LogP contribution in [0, 0.1) is 0 Å². The highest BCUT2D eigenvalue weighted by molar-refractivity contribution is 5.76. The number of amides is 1. The topological polar surface area (TPSA) is 95.9 Å². The van der Waals surface area contributed by atoms with Gasteiger partial charge in [-0.3, -0.25) is 9.59 Å². The van der Waals surface area contributed by atoms with Crippen molar-refractivity contribution in [2.45, 2.75) is 488 Å². The lowest BCUT2D eigenvalue weighted by molar-refractivity contribution is -0.143. The molecule has 0 aromatic rings. The smallest absolute Gasteiger partial charge is 0.305 e. The van der Waals surface area contributed by atoms with Crippen LogP contribution in [-0.4, -0.2) is 47.4 Å². The highest BCUT2D eigenvalue weighted by Crippen LogP contribution is 2.20. The molecule has 0 bridgehead atoms. The van der Waals surface area contributed by atoms with Crippen LogP contribution in [0.5, 0.6) is 0 Å². The van der Waals surface area contributed by atoms with Crippen molar-refractivity contribution in [1.82, 2.24) is 5.32 Å². The van der Waals surface area contributed by atoms with Crippen molar-refractivity contribution in [2.75, 3.05) is 13.2 Å². The van der Waals surface area contributed by atoms with E-state index < -0.39 is 12.1 Å². The van der Waals surface area contributed by atoms with Gasteiger partial charge < -0.3 is 20.3 Å². The monoisotopic (exact) mass is 1320 g/mol. The van der Waals surface area contributed by atoms with Crippen molar-refractivity contribution in [2.24, 2.45) is 0 Å². The van der Waals surface area contributed by atoms with E-state index in [2.05, 4.69) is 55.6 Å². The zero-order valence-electron chi connectivity index (χ0n) is 63.7. The van der Waals surface area contributed by atoms with Crippen LogP contribution in [0.4, 0.5) is 0 Å². The number of hydrogen-bond donors (Lipinski definition) is 3. The summed E-state index contributed by atoms with van der Waals surface area (Å²) in [5, 5.41) is 23.3. The Hall–Kier alpha value is -2.18. The molecule has 2 atom stereocenters. The van der Waals surface area contributed by atoms with Crippen molar-refractivity contribution in [3.8, 4) is 0 Å². The van der Waals surface area contributed by atoms with Gasteiger partial charge in [0.05, 0.1) is 25.4 Å². The molecule has 0 aromatic carbocycles. The predicted molar refractivity (Wildman–Crippen MR) is 416 cm³/mol. The number of ether oxygens (including phenoxy) is 1. The van der Waals surface area contributed by atoms with Gasteiger partial charge in [-0.2, -0.15) is 0 Å². The maximum atomic E-state index is 12.6. The Kier molecular flexibility index (Phi) is 81.3. The molecule has 0 aliphatic rings. The lowest BCUT2D eigenvalue weighted by Gasteiger charge is -2.20. The van der Waals surface area contributed by atoms with E-state index in [-0.39, 0.29) is 18.5 Å². The fourth-order valence-corrected chi connectivity index (χ4v) is 13.5. The lowest BCUT2D eigenvalue weighted by atomic mass is 10.0. The molecular weight excluding hydrogens is 1150 g/mol. The molecule has 6 heteroatoms. The third kappa shape index (κ3) is 78.8. The Morgan fingerprint density at radius 1 is 0.298 bits per heavy atom. The van der Waals surface area contributed by atoms with Crippen LogP contribution < -0.4 is 5.32 Å². The summed E-state index contributed by atoms with van der Waals surface area (Å²) in [4.78, 5) is 24.7. The lowest BCUT2D eigenvalue weighted by Crippen LogP contribution is -2.45. The Labute approximate surface area is 588 Å². The van der Waals surface area contributed by atoms with E-state index in [1.165, 1.54) is 398 Å². The van der Waals surface area contributed by atoms with Gasteiger partial charge in [0, 0.05) is 12.8 Å². The van der Waals surface area contributed by atoms with Crippen LogP contribution in [0.25, 0.3) is 0 Å². The van der Waals surface area contributed by atoms with Crippen LogP contribution in [-0.2, 0) is 14.3 Å². The standard InChI is InChI=1S/C88H167NO5/c1-3-5-7-9-11-13-15-17-19-21-23-24-25-35-38-41-45-48-52-56-60-64-68-72-76-80-86(91)85(84-90)89-87(92)81-77-73-69-65-61-57-53-49-46-42-39-36-33-31-29-27-26-28-30-32-34-37-40-43-47-51-55-59-63-67-71-75-79-83-94-88(93)82-78-74-70-66-62-58-54-50-44-22-20-18-16-14-12-10-8-6-4-2/h12,14,18,20,30,32,76,80,85-86,90-91H,3-11,13,15-17,19,21-29,31,33-75,77-79,81-84H2,1-2H3,(H,89,92)/b14-12-,20-18-,32-30-,80-76+. The summed E-state index contributed by atoms with van der Waals surface area (Å²) in [6, 6.07) is -0.628. The number of aliphatic hydroxyl groups is 2. The molecule has 0 radical (unpaired) electrons. The van der Waals surface area contributed by atoms with Crippen molar-refractivity contribution < 1.29 is 24.5 Å². The van der Waals surface area contributed by atoms with Crippen LogP contribution in [0.15, 0.2) is 48.6 Å². The molecule has 6 nitrogen and oxygen atoms in total. The molecule has 3 N–H and O–H groups in total. The van der Waals surface area contributed by atoms with E-state index in [1.54, 1.807) is 6.08 Å². The molecule has 2 unspecified atom stereocenters. The summed E-state index contributed by atoms with van der Waals surface area (Å²) in [5.74, 6) is -0.0442. The second kappa shape index (κ2) is 83.2. The molecule has 0 aliphatic carbocycles. The van der Waals surface area contributed by atoms with Gasteiger partial charge in [0.15, 0.2) is 0 Å². The van der Waals surface area contributed by atoms with Gasteiger partial charge in [0.25, 0.3) is 0 Å². The van der Waals surface area contributed by atoms with Crippen molar-refractivity contribution in [3.63, 3.8) is 0 Å². The second-order valence-corrected chi connectivity index (χ2v) is 29.5. The molecule has 1 amide bonds. The number of carbonyl (C=O) groups excluding carboxylic acids is 2. The summed E-state index contributed by atoms with van der Waals surface area (Å²) in [6.45, 7) is 4.93. The highest BCUT2D eigenvalue weighted by Gasteiger charge is 2.18. The van der Waals surface area contributed by atoms with Crippen LogP contribution in [0.1, 0.15) is 476 Å². The maximum Gasteiger partial charge on any atom is 0.305 e. The molecule has 0 rings (SSSR count). The van der Waals surface area contributed by atoms with Crippen LogP contribution in [0.3, 0.4) is 0 Å². The Morgan fingerprint density at radius 3 is 0.840 bits per heavy atom. The number of unbranched alkanes of at least 4 members (excludes halogenated alkanes) is 64. The molecule has 554 valence electrons. The largest absolute Gasteiger partial charge is 0.466 e. The first-order chi connectivity index (χ1) is 46.5. The zero-order valence-corrected chi connectivity index (χ0v) is 63.7. The van der Waals surface area contributed by atoms with E-state index in [0.717, 1.165) is 51.4 Å². The molecule has 0 saturated carbocycles. The summed E-state index contributed by atoms with van der Waals surface area (Å²) in [7, 11) is 0. The number of esters is 1. The highest BCUT2D eigenvalue weighted by atomic mass is 16.5. The molecular formula is C88H167NO5. The second-order valence-electron chi connectivity index (χ2n) is 29.5. The minimum absolute atomic E-state index is 0.0154. The quantitative estimate of drug-likeness (QED) is 0.0320. The first kappa shape index (κ1) is 91.8. The maximum absolute atomic E-state index is 12.6.